The summed E-state index contributed by atoms with van der Waals surface area (Å²) >= 11 is 6.12. The lowest BCUT2D eigenvalue weighted by atomic mass is 10.1. The second-order valence-corrected chi connectivity index (χ2v) is 4.50. The fourth-order valence-corrected chi connectivity index (χ4v) is 1.96. The van der Waals surface area contributed by atoms with Crippen LogP contribution in [-0.2, 0) is 6.42 Å². The van der Waals surface area contributed by atoms with Crippen molar-refractivity contribution in [3.05, 3.63) is 41.0 Å². The van der Waals surface area contributed by atoms with Crippen molar-refractivity contribution in [1.82, 2.24) is 9.97 Å². The largest absolute Gasteiger partial charge is 0.328 e. The molecule has 0 aliphatic carbocycles. The highest BCUT2D eigenvalue weighted by Gasteiger charge is 2.11. The second-order valence-electron chi connectivity index (χ2n) is 4.09. The van der Waals surface area contributed by atoms with E-state index in [1.807, 2.05) is 24.1 Å². The highest BCUT2D eigenvalue weighted by atomic mass is 35.5. The Bertz CT molecular complexity index is 555. The lowest BCUT2D eigenvalue weighted by molar-refractivity contribution is 1.06. The van der Waals surface area contributed by atoms with Crippen LogP contribution in [0.4, 0.5) is 17.5 Å². The molecule has 0 fully saturated rings. The third kappa shape index (κ3) is 2.94. The molecule has 0 spiro atoms. The Morgan fingerprint density at radius 1 is 1.32 bits per heavy atom. The minimum Gasteiger partial charge on any atom is -0.328 e. The lowest BCUT2D eigenvalue weighted by Gasteiger charge is -2.20. The summed E-state index contributed by atoms with van der Waals surface area (Å²) in [6.45, 7) is 2.12. The lowest BCUT2D eigenvalue weighted by Crippen LogP contribution is -2.16. The summed E-state index contributed by atoms with van der Waals surface area (Å²) < 4.78 is 0. The maximum atomic E-state index is 6.12. The predicted octanol–water partition coefficient (Wildman–Crippen LogP) is 2.75. The van der Waals surface area contributed by atoms with E-state index in [9.17, 15) is 0 Å². The minimum absolute atomic E-state index is 0.330. The van der Waals surface area contributed by atoms with Gasteiger partial charge in [0.05, 0.1) is 6.20 Å². The van der Waals surface area contributed by atoms with E-state index in [-0.39, 0.29) is 0 Å². The van der Waals surface area contributed by atoms with Gasteiger partial charge in [0.1, 0.15) is 5.02 Å². The zero-order valence-corrected chi connectivity index (χ0v) is 11.6. The van der Waals surface area contributed by atoms with E-state index in [2.05, 4.69) is 34.5 Å². The number of nitrogens with zero attached hydrogens (tertiary/aromatic N) is 3. The van der Waals surface area contributed by atoms with Gasteiger partial charge in [-0.25, -0.2) is 10.8 Å². The highest BCUT2D eigenvalue weighted by Crippen LogP contribution is 2.28. The van der Waals surface area contributed by atoms with Crippen molar-refractivity contribution in [1.29, 1.82) is 0 Å². The molecule has 0 amide bonds. The van der Waals surface area contributed by atoms with Crippen molar-refractivity contribution < 1.29 is 0 Å². The van der Waals surface area contributed by atoms with Crippen molar-refractivity contribution in [2.75, 3.05) is 17.4 Å². The number of nitrogen functional groups attached to an aromatic ring is 1. The molecule has 19 heavy (non-hydrogen) atoms. The van der Waals surface area contributed by atoms with Crippen LogP contribution >= 0.6 is 11.6 Å². The summed E-state index contributed by atoms with van der Waals surface area (Å²) in [6, 6.07) is 8.24. The summed E-state index contributed by atoms with van der Waals surface area (Å²) in [5, 5.41) is 0.473. The maximum Gasteiger partial charge on any atom is 0.239 e. The molecule has 0 unspecified atom stereocenters. The number of nitrogens with one attached hydrogen (secondary N) is 1. The van der Waals surface area contributed by atoms with Crippen LogP contribution in [0.2, 0.25) is 5.02 Å². The molecule has 0 saturated heterocycles. The zero-order valence-electron chi connectivity index (χ0n) is 10.9. The number of anilines is 3. The van der Waals surface area contributed by atoms with Crippen LogP contribution in [0.25, 0.3) is 0 Å². The highest BCUT2D eigenvalue weighted by molar-refractivity contribution is 6.33. The second kappa shape index (κ2) is 5.86. The molecular weight excluding hydrogens is 262 g/mol. The number of rotatable bonds is 4. The number of aryl methyl sites for hydroxylation is 1. The van der Waals surface area contributed by atoms with Crippen LogP contribution in [0.1, 0.15) is 12.5 Å². The fraction of sp³-hybridized carbons (Fsp3) is 0.231. The van der Waals surface area contributed by atoms with Crippen molar-refractivity contribution in [3.8, 4) is 0 Å². The Balaban J connectivity index is 2.34. The summed E-state index contributed by atoms with van der Waals surface area (Å²) in [7, 11) is 1.90. The van der Waals surface area contributed by atoms with Gasteiger partial charge in [0, 0.05) is 12.7 Å². The predicted molar refractivity (Wildman–Crippen MR) is 78.7 cm³/mol. The van der Waals surface area contributed by atoms with E-state index in [4.69, 9.17) is 17.4 Å². The Hall–Kier alpha value is -1.85. The van der Waals surface area contributed by atoms with Crippen LogP contribution in [-0.4, -0.2) is 17.0 Å². The van der Waals surface area contributed by atoms with Crippen LogP contribution in [0.15, 0.2) is 30.5 Å². The average molecular weight is 278 g/mol. The van der Waals surface area contributed by atoms with Gasteiger partial charge in [-0.2, -0.15) is 4.98 Å². The molecule has 100 valence electrons. The molecular formula is C13H16ClN5. The fourth-order valence-electron chi connectivity index (χ4n) is 1.74. The first-order chi connectivity index (χ1) is 9.15. The number of nitrogens with two attached hydrogens (primary N) is 1. The average Bonchev–Trinajstić information content (AvgIpc) is 2.47. The van der Waals surface area contributed by atoms with Crippen LogP contribution in [0.5, 0.6) is 0 Å². The Morgan fingerprint density at radius 2 is 2.00 bits per heavy atom. The smallest absolute Gasteiger partial charge is 0.239 e. The van der Waals surface area contributed by atoms with Crippen molar-refractivity contribution in [3.63, 3.8) is 0 Å². The van der Waals surface area contributed by atoms with Crippen molar-refractivity contribution in [2.45, 2.75) is 13.3 Å². The molecule has 1 aromatic carbocycles. The number of aromatic nitrogens is 2. The van der Waals surface area contributed by atoms with E-state index in [0.717, 1.165) is 12.1 Å². The number of halogens is 1. The molecule has 0 bridgehead atoms. The molecule has 5 nitrogen and oxygen atoms in total. The molecule has 0 aliphatic heterocycles. The third-order valence-corrected chi connectivity index (χ3v) is 3.17. The molecule has 0 radical (unpaired) electrons. The van der Waals surface area contributed by atoms with Gasteiger partial charge in [-0.1, -0.05) is 30.7 Å². The molecule has 6 heteroatoms. The van der Waals surface area contributed by atoms with Gasteiger partial charge in [0.25, 0.3) is 0 Å². The molecule has 0 aliphatic rings. The monoisotopic (exact) mass is 277 g/mol. The first-order valence-electron chi connectivity index (χ1n) is 5.97. The zero-order chi connectivity index (χ0) is 13.8. The summed E-state index contributed by atoms with van der Waals surface area (Å²) in [4.78, 5) is 10.1. The standard InChI is InChI=1S/C13H16ClN5/c1-3-9-4-6-10(7-5-9)19(2)12-11(14)8-16-13(17-12)18-15/h4-8H,3,15H2,1-2H3,(H,16,17,18). The molecule has 3 N–H and O–H groups in total. The Morgan fingerprint density at radius 3 is 2.58 bits per heavy atom. The number of hydrazine groups is 1. The third-order valence-electron chi connectivity index (χ3n) is 2.90. The van der Waals surface area contributed by atoms with Crippen molar-refractivity contribution >= 4 is 29.1 Å². The molecule has 2 rings (SSSR count). The van der Waals surface area contributed by atoms with Gasteiger partial charge >= 0.3 is 0 Å². The number of benzene rings is 1. The van der Waals surface area contributed by atoms with Gasteiger partial charge in [0.15, 0.2) is 5.82 Å². The first-order valence-corrected chi connectivity index (χ1v) is 6.35. The number of hydrogen-bond acceptors (Lipinski definition) is 5. The van der Waals surface area contributed by atoms with E-state index >= 15 is 0 Å². The van der Waals surface area contributed by atoms with E-state index in [1.165, 1.54) is 11.8 Å². The van der Waals surface area contributed by atoms with E-state index in [1.54, 1.807) is 0 Å². The Kier molecular flexibility index (Phi) is 4.19. The first kappa shape index (κ1) is 13.6. The van der Waals surface area contributed by atoms with Gasteiger partial charge < -0.3 is 4.90 Å². The SMILES string of the molecule is CCc1ccc(N(C)c2nc(NN)ncc2Cl)cc1. The van der Waals surface area contributed by atoms with Crippen molar-refractivity contribution in [2.24, 2.45) is 5.84 Å². The normalized spacial score (nSPS) is 10.3. The van der Waals surface area contributed by atoms with Crippen LogP contribution in [0.3, 0.4) is 0 Å². The Labute approximate surface area is 117 Å². The minimum atomic E-state index is 0.330. The molecule has 1 heterocycles. The molecule has 0 saturated carbocycles. The van der Waals surface area contributed by atoms with Gasteiger partial charge in [0.2, 0.25) is 5.95 Å². The quantitative estimate of drug-likeness (QED) is 0.664. The van der Waals surface area contributed by atoms with Gasteiger partial charge in [-0.3, -0.25) is 5.43 Å². The van der Waals surface area contributed by atoms with Gasteiger partial charge in [-0.15, -0.1) is 0 Å². The van der Waals surface area contributed by atoms with Gasteiger partial charge in [-0.05, 0) is 24.1 Å². The summed E-state index contributed by atoms with van der Waals surface area (Å²) in [5.41, 5.74) is 4.70. The van der Waals surface area contributed by atoms with Crippen LogP contribution in [0, 0.1) is 0 Å². The summed E-state index contributed by atoms with van der Waals surface area (Å²) in [5.74, 6) is 6.24. The number of hydrogen-bond donors (Lipinski definition) is 2. The van der Waals surface area contributed by atoms with Crippen LogP contribution < -0.4 is 16.2 Å². The van der Waals surface area contributed by atoms with E-state index < -0.39 is 0 Å². The molecule has 2 aromatic rings. The van der Waals surface area contributed by atoms with E-state index in [0.29, 0.717) is 16.8 Å². The molecule has 0 atom stereocenters. The maximum absolute atomic E-state index is 6.12. The summed E-state index contributed by atoms with van der Waals surface area (Å²) in [6.07, 6.45) is 2.54. The molecule has 1 aromatic heterocycles. The topological polar surface area (TPSA) is 67.1 Å².